The number of rotatable bonds is 4. The largest absolute Gasteiger partial charge is 0.339 e. The zero-order valence-electron chi connectivity index (χ0n) is 12.2. The normalized spacial score (nSPS) is 11.5. The Bertz CT molecular complexity index is 479. The molecule has 106 valence electrons. The van der Waals surface area contributed by atoms with Gasteiger partial charge in [0.25, 0.3) is 5.91 Å². The highest BCUT2D eigenvalue weighted by Crippen LogP contribution is 2.27. The molecule has 0 radical (unpaired) electrons. The third-order valence-corrected chi connectivity index (χ3v) is 6.00. The zero-order valence-corrected chi connectivity index (χ0v) is 14.7. The summed E-state index contributed by atoms with van der Waals surface area (Å²) in [6.07, 6.45) is 0. The second-order valence-electron chi connectivity index (χ2n) is 5.51. The Morgan fingerprint density at radius 3 is 2.11 bits per heavy atom. The number of hydrogen-bond donors (Lipinski definition) is 0. The van der Waals surface area contributed by atoms with Gasteiger partial charge in [-0.2, -0.15) is 0 Å². The standard InChI is InChI=1S/C14H21Cl2NOSi/c1-6-17(7-2)14(18)12-11(19(3,4)5)9-8-10(15)13(12)16/h8-9H,6-7H2,1-5H3. The SMILES string of the molecule is CCN(CC)C(=O)c1c([Si](C)(C)C)ccc(Cl)c1Cl. The smallest absolute Gasteiger partial charge is 0.255 e. The Balaban J connectivity index is 3.47. The summed E-state index contributed by atoms with van der Waals surface area (Å²) < 4.78 is 0. The van der Waals surface area contributed by atoms with Crippen LogP contribution in [0.2, 0.25) is 29.7 Å². The summed E-state index contributed by atoms with van der Waals surface area (Å²) in [4.78, 5) is 14.4. The molecule has 0 N–H and O–H groups in total. The van der Waals surface area contributed by atoms with Crippen LogP contribution in [0.25, 0.3) is 0 Å². The van der Waals surface area contributed by atoms with Gasteiger partial charge in [-0.15, -0.1) is 0 Å². The third kappa shape index (κ3) is 3.53. The van der Waals surface area contributed by atoms with Crippen molar-refractivity contribution >= 4 is 42.4 Å². The Morgan fingerprint density at radius 2 is 1.68 bits per heavy atom. The lowest BCUT2D eigenvalue weighted by Gasteiger charge is -2.26. The topological polar surface area (TPSA) is 20.3 Å². The van der Waals surface area contributed by atoms with Crippen LogP contribution in [-0.2, 0) is 0 Å². The van der Waals surface area contributed by atoms with Gasteiger partial charge >= 0.3 is 0 Å². The van der Waals surface area contributed by atoms with E-state index in [-0.39, 0.29) is 5.91 Å². The molecular weight excluding hydrogens is 297 g/mol. The van der Waals surface area contributed by atoms with E-state index in [1.807, 2.05) is 19.9 Å². The fraction of sp³-hybridized carbons (Fsp3) is 0.500. The van der Waals surface area contributed by atoms with Gasteiger partial charge < -0.3 is 4.90 Å². The summed E-state index contributed by atoms with van der Waals surface area (Å²) in [6.45, 7) is 11.9. The maximum Gasteiger partial charge on any atom is 0.255 e. The highest BCUT2D eigenvalue weighted by atomic mass is 35.5. The molecule has 0 aliphatic rings. The number of halogens is 2. The molecule has 0 heterocycles. The van der Waals surface area contributed by atoms with Crippen LogP contribution in [0.4, 0.5) is 0 Å². The second-order valence-corrected chi connectivity index (χ2v) is 11.3. The molecule has 0 aliphatic heterocycles. The lowest BCUT2D eigenvalue weighted by atomic mass is 10.2. The van der Waals surface area contributed by atoms with Gasteiger partial charge in [-0.3, -0.25) is 4.79 Å². The molecular formula is C14H21Cl2NOSi. The van der Waals surface area contributed by atoms with E-state index in [0.717, 1.165) is 5.19 Å². The molecule has 5 heteroatoms. The molecule has 1 rings (SSSR count). The summed E-state index contributed by atoms with van der Waals surface area (Å²) in [5, 5.41) is 1.90. The van der Waals surface area contributed by atoms with Crippen LogP contribution in [0.15, 0.2) is 12.1 Å². The fourth-order valence-corrected chi connectivity index (χ4v) is 4.10. The third-order valence-electron chi connectivity index (χ3n) is 3.17. The molecule has 1 amide bonds. The van der Waals surface area contributed by atoms with Gasteiger partial charge in [-0.25, -0.2) is 0 Å². The van der Waals surface area contributed by atoms with Crippen molar-refractivity contribution in [3.05, 3.63) is 27.7 Å². The summed E-state index contributed by atoms with van der Waals surface area (Å²) in [5.41, 5.74) is 0.594. The Hall–Kier alpha value is -0.513. The molecule has 0 fully saturated rings. The minimum atomic E-state index is -1.66. The summed E-state index contributed by atoms with van der Waals surface area (Å²) in [6, 6.07) is 3.74. The van der Waals surface area contributed by atoms with Crippen LogP contribution in [0.1, 0.15) is 24.2 Å². The molecule has 19 heavy (non-hydrogen) atoms. The molecule has 0 aliphatic carbocycles. The summed E-state index contributed by atoms with van der Waals surface area (Å²) in [7, 11) is -1.66. The monoisotopic (exact) mass is 317 g/mol. The number of hydrogen-bond acceptors (Lipinski definition) is 1. The average molecular weight is 318 g/mol. The van der Waals surface area contributed by atoms with Gasteiger partial charge in [0.05, 0.1) is 23.7 Å². The van der Waals surface area contributed by atoms with Crippen molar-refractivity contribution in [3.63, 3.8) is 0 Å². The van der Waals surface area contributed by atoms with Gasteiger partial charge in [0.15, 0.2) is 0 Å². The summed E-state index contributed by atoms with van der Waals surface area (Å²) >= 11 is 12.4. The first-order chi connectivity index (χ1) is 8.73. The second kappa shape index (κ2) is 6.29. The van der Waals surface area contributed by atoms with E-state index < -0.39 is 8.07 Å². The fourth-order valence-electron chi connectivity index (χ4n) is 2.05. The van der Waals surface area contributed by atoms with Crippen molar-refractivity contribution in [1.29, 1.82) is 0 Å². The molecule has 1 aromatic carbocycles. The Morgan fingerprint density at radius 1 is 1.16 bits per heavy atom. The minimum Gasteiger partial charge on any atom is -0.339 e. The van der Waals surface area contributed by atoms with Crippen molar-refractivity contribution < 1.29 is 4.79 Å². The molecule has 2 nitrogen and oxygen atoms in total. The van der Waals surface area contributed by atoms with E-state index in [1.165, 1.54) is 0 Å². The molecule has 0 aromatic heterocycles. The molecule has 0 saturated heterocycles. The first-order valence-corrected chi connectivity index (χ1v) is 10.8. The highest BCUT2D eigenvalue weighted by Gasteiger charge is 2.28. The number of carbonyl (C=O) groups is 1. The first kappa shape index (κ1) is 16.5. The van der Waals surface area contributed by atoms with Gasteiger partial charge in [0, 0.05) is 13.1 Å². The molecule has 0 atom stereocenters. The molecule has 1 aromatic rings. The molecule has 0 saturated carbocycles. The van der Waals surface area contributed by atoms with Gasteiger partial charge in [-0.1, -0.05) is 48.9 Å². The van der Waals surface area contributed by atoms with E-state index in [4.69, 9.17) is 23.2 Å². The summed E-state index contributed by atoms with van der Waals surface area (Å²) in [5.74, 6) is -0.0186. The first-order valence-electron chi connectivity index (χ1n) is 6.51. The lowest BCUT2D eigenvalue weighted by molar-refractivity contribution is 0.0774. The maximum absolute atomic E-state index is 12.7. The highest BCUT2D eigenvalue weighted by molar-refractivity contribution is 6.89. The van der Waals surface area contributed by atoms with Gasteiger partial charge in [0.1, 0.15) is 0 Å². The van der Waals surface area contributed by atoms with Crippen molar-refractivity contribution in [2.75, 3.05) is 13.1 Å². The Labute approximate surface area is 126 Å². The van der Waals surface area contributed by atoms with Crippen molar-refractivity contribution in [2.24, 2.45) is 0 Å². The van der Waals surface area contributed by atoms with Gasteiger partial charge in [-0.05, 0) is 25.1 Å². The van der Waals surface area contributed by atoms with Crippen LogP contribution < -0.4 is 5.19 Å². The van der Waals surface area contributed by atoms with Crippen molar-refractivity contribution in [2.45, 2.75) is 33.5 Å². The van der Waals surface area contributed by atoms with Crippen LogP contribution in [0, 0.1) is 0 Å². The van der Waals surface area contributed by atoms with E-state index in [0.29, 0.717) is 28.7 Å². The van der Waals surface area contributed by atoms with Crippen LogP contribution in [0.5, 0.6) is 0 Å². The zero-order chi connectivity index (χ0) is 14.8. The van der Waals surface area contributed by atoms with Crippen LogP contribution >= 0.6 is 23.2 Å². The number of nitrogens with zero attached hydrogens (tertiary/aromatic N) is 1. The minimum absolute atomic E-state index is 0.0186. The molecule has 0 unspecified atom stereocenters. The molecule has 0 spiro atoms. The number of amides is 1. The van der Waals surface area contributed by atoms with Crippen molar-refractivity contribution in [3.8, 4) is 0 Å². The number of carbonyl (C=O) groups excluding carboxylic acids is 1. The quantitative estimate of drug-likeness (QED) is 0.768. The maximum atomic E-state index is 12.7. The predicted octanol–water partition coefficient (Wildman–Crippen LogP) is 4.02. The number of benzene rings is 1. The average Bonchev–Trinajstić information content (AvgIpc) is 2.32. The van der Waals surface area contributed by atoms with E-state index in [9.17, 15) is 4.79 Å². The van der Waals surface area contributed by atoms with Gasteiger partial charge in [0.2, 0.25) is 0 Å². The predicted molar refractivity (Wildman–Crippen MR) is 86.7 cm³/mol. The van der Waals surface area contributed by atoms with E-state index in [2.05, 4.69) is 19.6 Å². The van der Waals surface area contributed by atoms with Crippen LogP contribution in [0.3, 0.4) is 0 Å². The lowest BCUT2D eigenvalue weighted by Crippen LogP contribution is -2.44. The van der Waals surface area contributed by atoms with E-state index >= 15 is 0 Å². The van der Waals surface area contributed by atoms with Crippen molar-refractivity contribution in [1.82, 2.24) is 4.90 Å². The van der Waals surface area contributed by atoms with Crippen LogP contribution in [-0.4, -0.2) is 32.0 Å². The molecule has 0 bridgehead atoms. The Kier molecular flexibility index (Phi) is 5.48. The van der Waals surface area contributed by atoms with E-state index in [1.54, 1.807) is 11.0 Å².